The van der Waals surface area contributed by atoms with E-state index in [0.29, 0.717) is 5.69 Å². The number of carboxylic acids is 1. The Bertz CT molecular complexity index is 198. The number of carbonyl (C=O) groups is 1. The molecule has 0 atom stereocenters. The van der Waals surface area contributed by atoms with Gasteiger partial charge in [-0.15, -0.1) is 0 Å². The molecule has 0 unspecified atom stereocenters. The number of aromatic nitrogens is 2. The van der Waals surface area contributed by atoms with Crippen LogP contribution in [0.4, 0.5) is 0 Å². The molecule has 8 heavy (non-hydrogen) atoms. The summed E-state index contributed by atoms with van der Waals surface area (Å²) in [7, 11) is 1.64. The number of carboxylic acid groups (broad SMARTS) is 1. The maximum Gasteiger partial charge on any atom is 0.355 e. The lowest BCUT2D eigenvalue weighted by Crippen LogP contribution is -2.15. The molecule has 0 saturated carbocycles. The van der Waals surface area contributed by atoms with E-state index in [2.05, 4.69) is 5.10 Å². The van der Waals surface area contributed by atoms with Crippen LogP contribution in [-0.4, -0.2) is 20.9 Å². The molecule has 0 aliphatic carbocycles. The van der Waals surface area contributed by atoms with Gasteiger partial charge in [-0.2, -0.15) is 0 Å². The Morgan fingerprint density at radius 3 is 2.62 bits per heavy atom. The quantitative estimate of drug-likeness (QED) is 0.542. The molecule has 0 spiro atoms. The van der Waals surface area contributed by atoms with Crippen LogP contribution in [0.15, 0.2) is 6.20 Å². The monoisotopic (exact) mass is 114 g/mol. The number of nitrogens with zero attached hydrogens (tertiary/aromatic N) is 1. The molecular formula is C4H6N2O2. The largest absolute Gasteiger partial charge is 0.476 e. The van der Waals surface area contributed by atoms with Crippen LogP contribution in [0, 0.1) is 0 Å². The van der Waals surface area contributed by atoms with Crippen LogP contribution in [0.1, 0.15) is 10.5 Å². The van der Waals surface area contributed by atoms with Crippen molar-refractivity contribution in [2.45, 2.75) is 0 Å². The Morgan fingerprint density at radius 1 is 2.00 bits per heavy atom. The number of hydrogen-bond donors (Lipinski definition) is 2. The summed E-state index contributed by atoms with van der Waals surface area (Å²) in [4.78, 5) is 10.0. The van der Waals surface area contributed by atoms with E-state index in [1.54, 1.807) is 7.05 Å². The van der Waals surface area contributed by atoms with Crippen molar-refractivity contribution >= 4 is 5.97 Å². The van der Waals surface area contributed by atoms with E-state index >= 15 is 0 Å². The minimum atomic E-state index is -0.897. The van der Waals surface area contributed by atoms with Crippen LogP contribution < -0.4 is 0 Å². The third-order valence-electron chi connectivity index (χ3n) is 0.975. The normalized spacial score (nSPS) is 9.62. The number of nitrogens with one attached hydrogen (secondary N) is 1. The molecule has 0 amide bonds. The van der Waals surface area contributed by atoms with E-state index in [1.807, 2.05) is 0 Å². The van der Waals surface area contributed by atoms with Gasteiger partial charge in [0.05, 0.1) is 6.20 Å². The van der Waals surface area contributed by atoms with Gasteiger partial charge in [0.2, 0.25) is 0 Å². The molecule has 1 aromatic rings. The summed E-state index contributed by atoms with van der Waals surface area (Å²) < 4.78 is 1.43. The van der Waals surface area contributed by atoms with Crippen molar-refractivity contribution in [3.05, 3.63) is 11.9 Å². The third-order valence-corrected chi connectivity index (χ3v) is 0.975. The van der Waals surface area contributed by atoms with Crippen LogP contribution in [0.2, 0.25) is 0 Å². The summed E-state index contributed by atoms with van der Waals surface area (Å²) in [5, 5.41) is 10.9. The van der Waals surface area contributed by atoms with Crippen molar-refractivity contribution < 1.29 is 9.90 Å². The van der Waals surface area contributed by atoms with Crippen molar-refractivity contribution in [1.29, 1.82) is 0 Å². The Kier molecular flexibility index (Phi) is 0.865. The fourth-order valence-electron chi connectivity index (χ4n) is 0.463. The molecule has 0 fully saturated rings. The zero-order valence-corrected chi connectivity index (χ0v) is 4.38. The lowest BCUT2D eigenvalue weighted by Gasteiger charge is -2.06. The van der Waals surface area contributed by atoms with Crippen molar-refractivity contribution in [2.24, 2.45) is 7.05 Å². The Hall–Kier alpha value is -1.19. The summed E-state index contributed by atoms with van der Waals surface area (Å²) in [5.74, 6) is -0.897. The van der Waals surface area contributed by atoms with Crippen molar-refractivity contribution in [3.8, 4) is 0 Å². The minimum absolute atomic E-state index is 0.296. The van der Waals surface area contributed by atoms with Gasteiger partial charge in [-0.05, 0) is 0 Å². The number of hydrogen-bond acceptors (Lipinski definition) is 1. The highest BCUT2D eigenvalue weighted by Gasteiger charge is 2.06. The summed E-state index contributed by atoms with van der Waals surface area (Å²) in [6.45, 7) is 0. The van der Waals surface area contributed by atoms with Gasteiger partial charge >= 0.3 is 5.97 Å². The average molecular weight is 114 g/mol. The fourth-order valence-corrected chi connectivity index (χ4v) is 0.463. The van der Waals surface area contributed by atoms with Gasteiger partial charge in [0, 0.05) is 7.05 Å². The van der Waals surface area contributed by atoms with Crippen molar-refractivity contribution in [1.82, 2.24) is 9.78 Å². The highest BCUT2D eigenvalue weighted by atomic mass is 16.4. The summed E-state index contributed by atoms with van der Waals surface area (Å²) in [5.41, 5.74) is 0.296. The first-order valence-corrected chi connectivity index (χ1v) is 2.15. The van der Waals surface area contributed by atoms with E-state index in [4.69, 9.17) is 5.11 Å². The fraction of sp³-hybridized carbons (Fsp3) is 0.250. The van der Waals surface area contributed by atoms with Crippen LogP contribution in [0.25, 0.3) is 0 Å². The minimum Gasteiger partial charge on any atom is -0.476 e. The van der Waals surface area contributed by atoms with Gasteiger partial charge in [0.15, 0.2) is 5.69 Å². The number of aryl methyl sites for hydroxylation is 1. The first-order valence-electron chi connectivity index (χ1n) is 2.15. The van der Waals surface area contributed by atoms with Gasteiger partial charge in [-0.25, -0.2) is 4.79 Å². The maximum atomic E-state index is 10.0. The summed E-state index contributed by atoms with van der Waals surface area (Å²) in [6, 6.07) is 0. The zero-order chi connectivity index (χ0) is 6.15. The second kappa shape index (κ2) is 1.40. The topological polar surface area (TPSA) is 58.0 Å². The van der Waals surface area contributed by atoms with Gasteiger partial charge in [-0.3, -0.25) is 4.68 Å². The van der Waals surface area contributed by atoms with Crippen LogP contribution >= 0.6 is 0 Å². The van der Waals surface area contributed by atoms with E-state index < -0.39 is 5.97 Å². The molecule has 4 heteroatoms. The predicted molar refractivity (Wildman–Crippen MR) is 26.7 cm³/mol. The van der Waals surface area contributed by atoms with Crippen LogP contribution in [-0.2, 0) is 7.05 Å². The van der Waals surface area contributed by atoms with Crippen LogP contribution in [0.3, 0.4) is 0 Å². The molecule has 1 aromatic heterocycles. The SMILES string of the molecule is Cn1[nH]cc1C(=O)O. The Labute approximate surface area is 45.7 Å². The van der Waals surface area contributed by atoms with E-state index in [0.717, 1.165) is 0 Å². The summed E-state index contributed by atoms with van der Waals surface area (Å²) in [6.07, 6.45) is 1.43. The van der Waals surface area contributed by atoms with Crippen LogP contribution in [0.5, 0.6) is 0 Å². The molecule has 2 N–H and O–H groups in total. The third kappa shape index (κ3) is 0.501. The second-order valence-electron chi connectivity index (χ2n) is 1.52. The molecule has 4 nitrogen and oxygen atoms in total. The number of aromatic carboxylic acids is 1. The Balaban J connectivity index is 2.84. The van der Waals surface area contributed by atoms with Crippen molar-refractivity contribution in [3.63, 3.8) is 0 Å². The lowest BCUT2D eigenvalue weighted by molar-refractivity contribution is 0.0677. The van der Waals surface area contributed by atoms with E-state index in [9.17, 15) is 4.79 Å². The summed E-state index contributed by atoms with van der Waals surface area (Å²) >= 11 is 0. The maximum absolute atomic E-state index is 10.0. The Morgan fingerprint density at radius 2 is 2.62 bits per heavy atom. The number of H-pyrrole nitrogens is 1. The van der Waals surface area contributed by atoms with Gasteiger partial charge in [0.25, 0.3) is 0 Å². The molecule has 1 rings (SSSR count). The second-order valence-corrected chi connectivity index (χ2v) is 1.52. The molecule has 0 aromatic carbocycles. The molecule has 44 valence electrons. The highest BCUT2D eigenvalue weighted by Crippen LogP contribution is 1.94. The zero-order valence-electron chi connectivity index (χ0n) is 4.38. The predicted octanol–water partition coefficient (Wildman–Crippen LogP) is 0.0514. The standard InChI is InChI=1S/C4H6N2O2/c1-6-3(2-5-6)4(7)8/h2,5H,1H3,(H,7,8). The van der Waals surface area contributed by atoms with Gasteiger partial charge in [0.1, 0.15) is 0 Å². The first-order chi connectivity index (χ1) is 3.72. The molecule has 0 radical (unpaired) electrons. The first kappa shape index (κ1) is 4.96. The number of aromatic amines is 1. The molecule has 0 bridgehead atoms. The van der Waals surface area contributed by atoms with E-state index in [1.165, 1.54) is 10.9 Å². The average Bonchev–Trinajstić information content (AvgIpc) is 1.61. The molecule has 0 aliphatic rings. The molecule has 0 saturated heterocycles. The van der Waals surface area contributed by atoms with E-state index in [-0.39, 0.29) is 0 Å². The molecular weight excluding hydrogens is 108 g/mol. The van der Waals surface area contributed by atoms with Gasteiger partial charge in [-0.1, -0.05) is 0 Å². The smallest absolute Gasteiger partial charge is 0.355 e. The highest BCUT2D eigenvalue weighted by molar-refractivity contribution is 5.85. The molecule has 1 heterocycles. The van der Waals surface area contributed by atoms with Crippen molar-refractivity contribution in [2.75, 3.05) is 0 Å². The number of rotatable bonds is 1. The lowest BCUT2D eigenvalue weighted by atomic mass is 10.4. The van der Waals surface area contributed by atoms with Gasteiger partial charge < -0.3 is 10.2 Å². The molecule has 0 aliphatic heterocycles.